The second kappa shape index (κ2) is 4.09. The van der Waals surface area contributed by atoms with E-state index in [1.807, 2.05) is 0 Å². The van der Waals surface area contributed by atoms with Crippen LogP contribution < -0.4 is 5.32 Å². The maximum atomic E-state index is 9.59. The molecule has 0 aliphatic carbocycles. The first-order chi connectivity index (χ1) is 6.25. The minimum absolute atomic E-state index is 0.166. The molecule has 2 nitrogen and oxygen atoms in total. The Morgan fingerprint density at radius 1 is 1.62 bits per heavy atom. The normalized spacial score (nSPS) is 28.2. The van der Waals surface area contributed by atoms with Crippen LogP contribution in [-0.2, 0) is 6.42 Å². The molecule has 1 saturated heterocycles. The highest BCUT2D eigenvalue weighted by Gasteiger charge is 2.25. The SMILES string of the molecule is OC1CNCC1Cc1cc(Br)cs1. The molecule has 1 aromatic heterocycles. The van der Waals surface area contributed by atoms with Crippen LogP contribution in [0.15, 0.2) is 15.9 Å². The van der Waals surface area contributed by atoms with E-state index in [0.29, 0.717) is 5.92 Å². The molecule has 0 radical (unpaired) electrons. The van der Waals surface area contributed by atoms with E-state index in [1.54, 1.807) is 11.3 Å². The first-order valence-electron chi connectivity index (χ1n) is 4.37. The molecule has 2 heterocycles. The molecule has 4 heteroatoms. The number of thiophene rings is 1. The van der Waals surface area contributed by atoms with E-state index in [0.717, 1.165) is 24.0 Å². The fourth-order valence-corrected chi connectivity index (χ4v) is 3.19. The van der Waals surface area contributed by atoms with Gasteiger partial charge in [0, 0.05) is 33.7 Å². The van der Waals surface area contributed by atoms with Gasteiger partial charge in [-0.05, 0) is 28.4 Å². The van der Waals surface area contributed by atoms with Gasteiger partial charge in [0.25, 0.3) is 0 Å². The molecule has 72 valence electrons. The Balaban J connectivity index is 1.97. The Hall–Kier alpha value is 0.1000. The fourth-order valence-electron chi connectivity index (χ4n) is 1.65. The number of halogens is 1. The van der Waals surface area contributed by atoms with Crippen molar-refractivity contribution in [1.29, 1.82) is 0 Å². The van der Waals surface area contributed by atoms with Gasteiger partial charge in [-0.25, -0.2) is 0 Å². The van der Waals surface area contributed by atoms with Crippen molar-refractivity contribution in [2.45, 2.75) is 12.5 Å². The summed E-state index contributed by atoms with van der Waals surface area (Å²) in [5.74, 6) is 0.394. The summed E-state index contributed by atoms with van der Waals surface area (Å²) in [5, 5.41) is 14.9. The Labute approximate surface area is 90.1 Å². The number of aliphatic hydroxyl groups excluding tert-OH is 1. The van der Waals surface area contributed by atoms with Gasteiger partial charge < -0.3 is 10.4 Å². The van der Waals surface area contributed by atoms with E-state index in [1.165, 1.54) is 4.88 Å². The van der Waals surface area contributed by atoms with Crippen LogP contribution in [0.3, 0.4) is 0 Å². The second-order valence-corrected chi connectivity index (χ2v) is 5.33. The number of hydrogen-bond acceptors (Lipinski definition) is 3. The Kier molecular flexibility index (Phi) is 3.03. The first-order valence-corrected chi connectivity index (χ1v) is 6.04. The van der Waals surface area contributed by atoms with Gasteiger partial charge in [0.15, 0.2) is 0 Å². The molecule has 0 saturated carbocycles. The smallest absolute Gasteiger partial charge is 0.0708 e. The predicted molar refractivity (Wildman–Crippen MR) is 58.1 cm³/mol. The fraction of sp³-hybridized carbons (Fsp3) is 0.556. The van der Waals surface area contributed by atoms with Crippen LogP contribution in [0.2, 0.25) is 0 Å². The summed E-state index contributed by atoms with van der Waals surface area (Å²) in [6, 6.07) is 2.13. The number of nitrogens with one attached hydrogen (secondary N) is 1. The maximum absolute atomic E-state index is 9.59. The third-order valence-electron chi connectivity index (χ3n) is 2.39. The average molecular weight is 262 g/mol. The average Bonchev–Trinajstić information content (AvgIpc) is 2.64. The number of β-amino-alcohol motifs (C(OH)–C–C–N with tert-alkyl or cyclic N) is 1. The molecule has 1 aromatic rings. The lowest BCUT2D eigenvalue weighted by molar-refractivity contribution is 0.148. The Bertz CT molecular complexity index is 289. The summed E-state index contributed by atoms with van der Waals surface area (Å²) < 4.78 is 1.15. The Morgan fingerprint density at radius 3 is 3.00 bits per heavy atom. The van der Waals surface area contributed by atoms with E-state index < -0.39 is 0 Å². The summed E-state index contributed by atoms with van der Waals surface area (Å²) in [4.78, 5) is 1.35. The first kappa shape index (κ1) is 9.65. The van der Waals surface area contributed by atoms with Gasteiger partial charge in [-0.1, -0.05) is 0 Å². The molecule has 2 unspecified atom stereocenters. The van der Waals surface area contributed by atoms with Gasteiger partial charge in [-0.2, -0.15) is 0 Å². The zero-order chi connectivity index (χ0) is 9.26. The van der Waals surface area contributed by atoms with E-state index in [2.05, 4.69) is 32.7 Å². The topological polar surface area (TPSA) is 32.3 Å². The van der Waals surface area contributed by atoms with Crippen LogP contribution in [0, 0.1) is 5.92 Å². The highest BCUT2D eigenvalue weighted by molar-refractivity contribution is 9.10. The molecule has 0 aromatic carbocycles. The number of rotatable bonds is 2. The van der Waals surface area contributed by atoms with Crippen LogP contribution in [0.5, 0.6) is 0 Å². The summed E-state index contributed by atoms with van der Waals surface area (Å²) in [6.45, 7) is 1.69. The van der Waals surface area contributed by atoms with Crippen molar-refractivity contribution in [3.8, 4) is 0 Å². The molecule has 0 bridgehead atoms. The third kappa shape index (κ3) is 2.31. The molecule has 1 fully saturated rings. The zero-order valence-electron chi connectivity index (χ0n) is 7.16. The van der Waals surface area contributed by atoms with Gasteiger partial charge in [0.1, 0.15) is 0 Å². The lowest BCUT2D eigenvalue weighted by Gasteiger charge is -2.10. The minimum Gasteiger partial charge on any atom is -0.391 e. The maximum Gasteiger partial charge on any atom is 0.0708 e. The van der Waals surface area contributed by atoms with Gasteiger partial charge >= 0.3 is 0 Å². The Morgan fingerprint density at radius 2 is 2.46 bits per heavy atom. The molecule has 0 amide bonds. The van der Waals surface area contributed by atoms with Crippen molar-refractivity contribution in [3.63, 3.8) is 0 Å². The molecule has 1 aliphatic rings. The standard InChI is InChI=1S/C9H12BrNOS/c10-7-2-8(13-5-7)1-6-3-11-4-9(6)12/h2,5-6,9,11-12H,1,3-4H2. The highest BCUT2D eigenvalue weighted by Crippen LogP contribution is 2.24. The molecular formula is C9H12BrNOS. The zero-order valence-corrected chi connectivity index (χ0v) is 9.57. The van der Waals surface area contributed by atoms with E-state index in [4.69, 9.17) is 0 Å². The van der Waals surface area contributed by atoms with E-state index in [-0.39, 0.29) is 6.10 Å². The number of hydrogen-bond donors (Lipinski definition) is 2. The quantitative estimate of drug-likeness (QED) is 0.849. The lowest BCUT2D eigenvalue weighted by atomic mass is 10.0. The van der Waals surface area contributed by atoms with Gasteiger partial charge in [0.05, 0.1) is 6.10 Å². The summed E-state index contributed by atoms with van der Waals surface area (Å²) in [5.41, 5.74) is 0. The third-order valence-corrected chi connectivity index (χ3v) is 4.11. The van der Waals surface area contributed by atoms with Crippen molar-refractivity contribution in [2.75, 3.05) is 13.1 Å². The van der Waals surface area contributed by atoms with Gasteiger partial charge in [0.2, 0.25) is 0 Å². The lowest BCUT2D eigenvalue weighted by Crippen LogP contribution is -2.19. The summed E-state index contributed by atoms with van der Waals surface area (Å²) >= 11 is 5.18. The van der Waals surface area contributed by atoms with Crippen LogP contribution in [0.1, 0.15) is 4.88 Å². The van der Waals surface area contributed by atoms with Crippen LogP contribution in [0.4, 0.5) is 0 Å². The van der Waals surface area contributed by atoms with Crippen molar-refractivity contribution in [2.24, 2.45) is 5.92 Å². The van der Waals surface area contributed by atoms with Crippen LogP contribution >= 0.6 is 27.3 Å². The highest BCUT2D eigenvalue weighted by atomic mass is 79.9. The van der Waals surface area contributed by atoms with E-state index >= 15 is 0 Å². The second-order valence-electron chi connectivity index (χ2n) is 3.42. The van der Waals surface area contributed by atoms with Crippen molar-refractivity contribution in [1.82, 2.24) is 5.32 Å². The van der Waals surface area contributed by atoms with Gasteiger partial charge in [-0.3, -0.25) is 0 Å². The number of aliphatic hydroxyl groups is 1. The summed E-state index contributed by atoms with van der Waals surface area (Å²) in [6.07, 6.45) is 0.825. The molecule has 13 heavy (non-hydrogen) atoms. The minimum atomic E-state index is -0.166. The van der Waals surface area contributed by atoms with Crippen LogP contribution in [0.25, 0.3) is 0 Å². The van der Waals surface area contributed by atoms with Gasteiger partial charge in [-0.15, -0.1) is 11.3 Å². The van der Waals surface area contributed by atoms with Crippen molar-refractivity contribution < 1.29 is 5.11 Å². The molecule has 2 N–H and O–H groups in total. The molecule has 2 rings (SSSR count). The predicted octanol–water partition coefficient (Wildman–Crippen LogP) is 1.63. The van der Waals surface area contributed by atoms with E-state index in [9.17, 15) is 5.11 Å². The summed E-state index contributed by atoms with van der Waals surface area (Å²) in [7, 11) is 0. The largest absolute Gasteiger partial charge is 0.391 e. The molecule has 0 spiro atoms. The molecular weight excluding hydrogens is 250 g/mol. The van der Waals surface area contributed by atoms with Crippen molar-refractivity contribution >= 4 is 27.3 Å². The monoisotopic (exact) mass is 261 g/mol. The molecule has 2 atom stereocenters. The molecule has 1 aliphatic heterocycles. The van der Waals surface area contributed by atoms with Crippen LogP contribution in [-0.4, -0.2) is 24.3 Å². The van der Waals surface area contributed by atoms with Crippen molar-refractivity contribution in [3.05, 3.63) is 20.8 Å².